The van der Waals surface area contributed by atoms with Gasteiger partial charge in [0.05, 0.1) is 20.9 Å². The van der Waals surface area contributed by atoms with E-state index >= 15 is 0 Å². The fraction of sp³-hybridized carbons (Fsp3) is 0.385. The molecule has 0 unspecified atom stereocenters. The first-order chi connectivity index (χ1) is 9.17. The number of aryl methyl sites for hydroxylation is 2. The molecule has 0 aliphatic carbocycles. The van der Waals surface area contributed by atoms with Crippen LogP contribution in [0.3, 0.4) is 0 Å². The summed E-state index contributed by atoms with van der Waals surface area (Å²) < 4.78 is 3.14. The Kier molecular flexibility index (Phi) is 5.30. The zero-order valence-corrected chi connectivity index (χ0v) is 14.0. The molecule has 2 aromatic heterocycles. The second-order valence-electron chi connectivity index (χ2n) is 3.96. The highest BCUT2D eigenvalue weighted by Gasteiger charge is 2.14. The minimum atomic E-state index is 0.696. The number of hydrogen-bond donors (Lipinski definition) is 0. The van der Waals surface area contributed by atoms with Crippen molar-refractivity contribution in [2.45, 2.75) is 37.6 Å². The average molecular weight is 361 g/mol. The first-order valence-electron chi connectivity index (χ1n) is 6.14. The SMILES string of the molecule is CCc1nn(CC)c(CSc2ncccc2Cl)c1Br. The average Bonchev–Trinajstić information content (AvgIpc) is 2.74. The molecule has 0 atom stereocenters. The van der Waals surface area contributed by atoms with Gasteiger partial charge in [0, 0.05) is 18.5 Å². The summed E-state index contributed by atoms with van der Waals surface area (Å²) in [6.45, 7) is 5.07. The maximum Gasteiger partial charge on any atom is 0.115 e. The van der Waals surface area contributed by atoms with Crippen molar-refractivity contribution in [3.05, 3.63) is 39.2 Å². The van der Waals surface area contributed by atoms with Crippen LogP contribution in [0, 0.1) is 0 Å². The van der Waals surface area contributed by atoms with E-state index in [1.807, 2.05) is 16.8 Å². The number of halogens is 2. The second-order valence-corrected chi connectivity index (χ2v) is 6.12. The molecule has 2 heterocycles. The van der Waals surface area contributed by atoms with Crippen molar-refractivity contribution in [2.24, 2.45) is 0 Å². The molecule has 0 radical (unpaired) electrons. The Hall–Kier alpha value is -0.520. The Balaban J connectivity index is 2.20. The number of rotatable bonds is 5. The predicted octanol–water partition coefficient (Wildman–Crippen LogP) is 4.57. The van der Waals surface area contributed by atoms with E-state index in [2.05, 4.69) is 39.9 Å². The molecule has 2 rings (SSSR count). The van der Waals surface area contributed by atoms with E-state index in [0.29, 0.717) is 5.02 Å². The summed E-state index contributed by atoms with van der Waals surface area (Å²) in [6, 6.07) is 3.70. The molecule has 0 amide bonds. The first kappa shape index (κ1) is 14.9. The van der Waals surface area contributed by atoms with Gasteiger partial charge in [-0.05, 0) is 41.4 Å². The molecule has 0 spiro atoms. The molecule has 3 nitrogen and oxygen atoms in total. The first-order valence-corrected chi connectivity index (χ1v) is 8.30. The van der Waals surface area contributed by atoms with Crippen LogP contribution in [0.15, 0.2) is 27.8 Å². The molecule has 0 saturated carbocycles. The monoisotopic (exact) mass is 359 g/mol. The van der Waals surface area contributed by atoms with Gasteiger partial charge < -0.3 is 0 Å². The lowest BCUT2D eigenvalue weighted by Gasteiger charge is -2.06. The molecule has 0 aliphatic heterocycles. The molecule has 0 fully saturated rings. The fourth-order valence-electron chi connectivity index (χ4n) is 1.77. The van der Waals surface area contributed by atoms with Crippen LogP contribution in [0.4, 0.5) is 0 Å². The molecule has 6 heteroatoms. The van der Waals surface area contributed by atoms with Gasteiger partial charge in [-0.1, -0.05) is 30.3 Å². The van der Waals surface area contributed by atoms with Gasteiger partial charge in [0.15, 0.2) is 0 Å². The van der Waals surface area contributed by atoms with Crippen molar-refractivity contribution in [1.82, 2.24) is 14.8 Å². The second kappa shape index (κ2) is 6.77. The minimum absolute atomic E-state index is 0.696. The van der Waals surface area contributed by atoms with Gasteiger partial charge in [-0.15, -0.1) is 0 Å². The number of aromatic nitrogens is 3. The van der Waals surface area contributed by atoms with Crippen LogP contribution in [-0.4, -0.2) is 14.8 Å². The van der Waals surface area contributed by atoms with Crippen LogP contribution in [0.2, 0.25) is 5.02 Å². The summed E-state index contributed by atoms with van der Waals surface area (Å²) in [4.78, 5) is 4.29. The van der Waals surface area contributed by atoms with Gasteiger partial charge in [0.2, 0.25) is 0 Å². The van der Waals surface area contributed by atoms with Gasteiger partial charge in [-0.2, -0.15) is 5.10 Å². The normalized spacial score (nSPS) is 10.9. The van der Waals surface area contributed by atoms with Crippen LogP contribution < -0.4 is 0 Å². The standard InChI is InChI=1S/C13H15BrClN3S/c1-3-10-12(14)11(18(4-2)17-10)8-19-13-9(15)6-5-7-16-13/h5-7H,3-4,8H2,1-2H3. The minimum Gasteiger partial charge on any atom is -0.268 e. The quantitative estimate of drug-likeness (QED) is 0.732. The number of pyridine rings is 1. The van der Waals surface area contributed by atoms with Gasteiger partial charge in [0.25, 0.3) is 0 Å². The van der Waals surface area contributed by atoms with Crippen LogP contribution in [0.1, 0.15) is 25.2 Å². The lowest BCUT2D eigenvalue weighted by atomic mass is 10.3. The Labute approximate surface area is 130 Å². The number of thioether (sulfide) groups is 1. The van der Waals surface area contributed by atoms with Gasteiger partial charge in [-0.25, -0.2) is 4.98 Å². The number of nitrogens with zero attached hydrogens (tertiary/aromatic N) is 3. The Morgan fingerprint density at radius 2 is 2.21 bits per heavy atom. The molecule has 0 aromatic carbocycles. The van der Waals surface area contributed by atoms with Crippen LogP contribution in [-0.2, 0) is 18.7 Å². The van der Waals surface area contributed by atoms with E-state index in [1.54, 1.807) is 18.0 Å². The van der Waals surface area contributed by atoms with Crippen molar-refractivity contribution in [3.63, 3.8) is 0 Å². The predicted molar refractivity (Wildman–Crippen MR) is 83.8 cm³/mol. The molecule has 0 bridgehead atoms. The molecule has 19 heavy (non-hydrogen) atoms. The Morgan fingerprint density at radius 1 is 1.42 bits per heavy atom. The Bertz CT molecular complexity index is 571. The maximum atomic E-state index is 6.12. The summed E-state index contributed by atoms with van der Waals surface area (Å²) in [5.74, 6) is 0.804. The third-order valence-electron chi connectivity index (χ3n) is 2.76. The van der Waals surface area contributed by atoms with E-state index in [9.17, 15) is 0 Å². The largest absolute Gasteiger partial charge is 0.268 e. The summed E-state index contributed by atoms with van der Waals surface area (Å²) in [7, 11) is 0. The summed E-state index contributed by atoms with van der Waals surface area (Å²) in [6.07, 6.45) is 2.69. The van der Waals surface area contributed by atoms with E-state index in [4.69, 9.17) is 11.6 Å². The van der Waals surface area contributed by atoms with Gasteiger partial charge in [-0.3, -0.25) is 4.68 Å². The highest BCUT2D eigenvalue weighted by molar-refractivity contribution is 9.10. The highest BCUT2D eigenvalue weighted by atomic mass is 79.9. The fourth-order valence-corrected chi connectivity index (χ4v) is 3.85. The van der Waals surface area contributed by atoms with E-state index in [1.165, 1.54) is 5.69 Å². The van der Waals surface area contributed by atoms with Crippen molar-refractivity contribution in [1.29, 1.82) is 0 Å². The van der Waals surface area contributed by atoms with Gasteiger partial charge >= 0.3 is 0 Å². The van der Waals surface area contributed by atoms with E-state index in [0.717, 1.165) is 33.9 Å². The third-order valence-corrected chi connectivity index (χ3v) is 5.11. The topological polar surface area (TPSA) is 30.7 Å². The van der Waals surface area contributed by atoms with Gasteiger partial charge in [0.1, 0.15) is 5.03 Å². The molecule has 0 saturated heterocycles. The zero-order chi connectivity index (χ0) is 13.8. The van der Waals surface area contributed by atoms with E-state index < -0.39 is 0 Å². The van der Waals surface area contributed by atoms with Crippen molar-refractivity contribution in [3.8, 4) is 0 Å². The van der Waals surface area contributed by atoms with E-state index in [-0.39, 0.29) is 0 Å². The van der Waals surface area contributed by atoms with Crippen LogP contribution >= 0.6 is 39.3 Å². The molecular weight excluding hydrogens is 346 g/mol. The zero-order valence-electron chi connectivity index (χ0n) is 10.9. The molecule has 2 aromatic rings. The number of hydrogen-bond acceptors (Lipinski definition) is 3. The molecule has 0 N–H and O–H groups in total. The van der Waals surface area contributed by atoms with Crippen molar-refractivity contribution >= 4 is 39.3 Å². The van der Waals surface area contributed by atoms with Crippen LogP contribution in [0.5, 0.6) is 0 Å². The summed E-state index contributed by atoms with van der Waals surface area (Å²) in [5.41, 5.74) is 2.29. The molecule has 102 valence electrons. The summed E-state index contributed by atoms with van der Waals surface area (Å²) in [5, 5.41) is 6.14. The van der Waals surface area contributed by atoms with Crippen molar-refractivity contribution < 1.29 is 0 Å². The molecular formula is C13H15BrClN3S. The smallest absolute Gasteiger partial charge is 0.115 e. The highest BCUT2D eigenvalue weighted by Crippen LogP contribution is 2.31. The van der Waals surface area contributed by atoms with Crippen molar-refractivity contribution in [2.75, 3.05) is 0 Å². The van der Waals surface area contributed by atoms with Crippen LogP contribution in [0.25, 0.3) is 0 Å². The summed E-state index contributed by atoms with van der Waals surface area (Å²) >= 11 is 11.4. The maximum absolute atomic E-state index is 6.12. The lowest BCUT2D eigenvalue weighted by Crippen LogP contribution is -2.02. The lowest BCUT2D eigenvalue weighted by molar-refractivity contribution is 0.627. The molecule has 0 aliphatic rings. The Morgan fingerprint density at radius 3 is 2.84 bits per heavy atom. The third kappa shape index (κ3) is 3.33.